The second-order valence-corrected chi connectivity index (χ2v) is 7.37. The minimum Gasteiger partial charge on any atom is -0.386 e. The van der Waals surface area contributed by atoms with Gasteiger partial charge in [0.25, 0.3) is 0 Å². The number of rotatable bonds is 6. The van der Waals surface area contributed by atoms with Gasteiger partial charge >= 0.3 is 0 Å². The van der Waals surface area contributed by atoms with Crippen LogP contribution in [0.3, 0.4) is 0 Å². The number of hydrogen-bond donors (Lipinski definition) is 3. The minimum atomic E-state index is -0.620. The standard InChI is InChI=1S/C17H26ClN3OS/c1-3-19-17(21-14-8-9-15(10-14)23-2)20-11-16(22)12-4-6-13(18)7-5-12/h4-7,14-16,22H,3,8-11H2,1-2H3,(H2,19,20,21). The summed E-state index contributed by atoms with van der Waals surface area (Å²) in [4.78, 5) is 4.53. The molecule has 2 rings (SSSR count). The van der Waals surface area contributed by atoms with Crippen molar-refractivity contribution >= 4 is 29.3 Å². The van der Waals surface area contributed by atoms with E-state index in [2.05, 4.69) is 21.9 Å². The Hall–Kier alpha value is -0.910. The van der Waals surface area contributed by atoms with Crippen LogP contribution in [-0.4, -0.2) is 41.7 Å². The van der Waals surface area contributed by atoms with E-state index in [9.17, 15) is 5.11 Å². The molecule has 0 radical (unpaired) electrons. The quantitative estimate of drug-likeness (QED) is 0.541. The zero-order valence-corrected chi connectivity index (χ0v) is 15.3. The molecule has 0 saturated heterocycles. The van der Waals surface area contributed by atoms with Gasteiger partial charge in [0.1, 0.15) is 0 Å². The molecular formula is C17H26ClN3OS. The van der Waals surface area contributed by atoms with Crippen molar-refractivity contribution in [2.45, 2.75) is 43.6 Å². The summed E-state index contributed by atoms with van der Waals surface area (Å²) in [6.07, 6.45) is 5.16. The number of aliphatic hydroxyl groups excluding tert-OH is 1. The maximum Gasteiger partial charge on any atom is 0.191 e. The van der Waals surface area contributed by atoms with Crippen LogP contribution in [0.2, 0.25) is 5.02 Å². The zero-order chi connectivity index (χ0) is 16.7. The van der Waals surface area contributed by atoms with Crippen molar-refractivity contribution in [3.8, 4) is 0 Å². The van der Waals surface area contributed by atoms with Crippen molar-refractivity contribution in [3.05, 3.63) is 34.9 Å². The van der Waals surface area contributed by atoms with Crippen molar-refractivity contribution in [1.82, 2.24) is 10.6 Å². The summed E-state index contributed by atoms with van der Waals surface area (Å²) in [6, 6.07) is 7.71. The SMILES string of the molecule is CCNC(=NCC(O)c1ccc(Cl)cc1)NC1CCC(SC)C1. The van der Waals surface area contributed by atoms with E-state index in [0.717, 1.165) is 23.3 Å². The van der Waals surface area contributed by atoms with E-state index >= 15 is 0 Å². The lowest BCUT2D eigenvalue weighted by molar-refractivity contribution is 0.187. The highest BCUT2D eigenvalue weighted by atomic mass is 35.5. The summed E-state index contributed by atoms with van der Waals surface area (Å²) < 4.78 is 0. The number of guanidine groups is 1. The summed E-state index contributed by atoms with van der Waals surface area (Å²) in [6.45, 7) is 3.18. The van der Waals surface area contributed by atoms with Crippen LogP contribution in [0.1, 0.15) is 37.9 Å². The third-order valence-corrected chi connectivity index (χ3v) is 5.43. The van der Waals surface area contributed by atoms with Gasteiger partial charge in [-0.3, -0.25) is 4.99 Å². The Balaban J connectivity index is 1.91. The van der Waals surface area contributed by atoms with Crippen LogP contribution in [0, 0.1) is 0 Å². The molecule has 4 nitrogen and oxygen atoms in total. The first-order chi connectivity index (χ1) is 11.1. The molecule has 1 aliphatic rings. The molecule has 1 aromatic carbocycles. The van der Waals surface area contributed by atoms with E-state index in [1.807, 2.05) is 30.8 Å². The molecule has 3 atom stereocenters. The molecule has 128 valence electrons. The molecule has 0 amide bonds. The maximum atomic E-state index is 10.3. The molecule has 1 fully saturated rings. The summed E-state index contributed by atoms with van der Waals surface area (Å²) >= 11 is 7.82. The van der Waals surface area contributed by atoms with Gasteiger partial charge in [-0.05, 0) is 50.1 Å². The number of benzene rings is 1. The van der Waals surface area contributed by atoms with Crippen molar-refractivity contribution < 1.29 is 5.11 Å². The highest BCUT2D eigenvalue weighted by Crippen LogP contribution is 2.28. The third-order valence-electron chi connectivity index (χ3n) is 4.08. The van der Waals surface area contributed by atoms with Gasteiger partial charge in [-0.2, -0.15) is 11.8 Å². The van der Waals surface area contributed by atoms with Crippen LogP contribution < -0.4 is 10.6 Å². The molecule has 1 aromatic rings. The van der Waals surface area contributed by atoms with Crippen LogP contribution in [0.25, 0.3) is 0 Å². The summed E-state index contributed by atoms with van der Waals surface area (Å²) in [7, 11) is 0. The van der Waals surface area contributed by atoms with Crippen LogP contribution in [0.5, 0.6) is 0 Å². The van der Waals surface area contributed by atoms with Crippen molar-refractivity contribution in [2.75, 3.05) is 19.3 Å². The second-order valence-electron chi connectivity index (χ2n) is 5.80. The van der Waals surface area contributed by atoms with Gasteiger partial charge < -0.3 is 15.7 Å². The van der Waals surface area contributed by atoms with Gasteiger partial charge in [-0.25, -0.2) is 0 Å². The second kappa shape index (κ2) is 9.40. The molecule has 23 heavy (non-hydrogen) atoms. The van der Waals surface area contributed by atoms with E-state index < -0.39 is 6.10 Å². The smallest absolute Gasteiger partial charge is 0.191 e. The first kappa shape index (κ1) is 18.4. The number of halogens is 1. The Morgan fingerprint density at radius 2 is 2.13 bits per heavy atom. The first-order valence-corrected chi connectivity index (χ1v) is 9.80. The fraction of sp³-hybridized carbons (Fsp3) is 0.588. The predicted octanol–water partition coefficient (Wildman–Crippen LogP) is 3.21. The lowest BCUT2D eigenvalue weighted by Crippen LogP contribution is -2.42. The number of nitrogens with zero attached hydrogens (tertiary/aromatic N) is 1. The molecule has 0 spiro atoms. The fourth-order valence-corrected chi connectivity index (χ4v) is 3.69. The zero-order valence-electron chi connectivity index (χ0n) is 13.8. The Morgan fingerprint density at radius 3 is 2.74 bits per heavy atom. The van der Waals surface area contributed by atoms with Crippen LogP contribution in [0.4, 0.5) is 0 Å². The molecular weight excluding hydrogens is 330 g/mol. The minimum absolute atomic E-state index is 0.329. The summed E-state index contributed by atoms with van der Waals surface area (Å²) in [5.41, 5.74) is 0.831. The number of aliphatic hydroxyl groups is 1. The number of nitrogens with one attached hydrogen (secondary N) is 2. The van der Waals surface area contributed by atoms with Crippen molar-refractivity contribution in [3.63, 3.8) is 0 Å². The van der Waals surface area contributed by atoms with Gasteiger partial charge in [0.05, 0.1) is 12.6 Å². The van der Waals surface area contributed by atoms with Crippen LogP contribution >= 0.6 is 23.4 Å². The van der Waals surface area contributed by atoms with Gasteiger partial charge in [0.2, 0.25) is 0 Å². The summed E-state index contributed by atoms with van der Waals surface area (Å²) in [5, 5.41) is 18.4. The molecule has 3 N–H and O–H groups in total. The Kier molecular flexibility index (Phi) is 7.53. The molecule has 0 heterocycles. The van der Waals surface area contributed by atoms with Crippen molar-refractivity contribution in [1.29, 1.82) is 0 Å². The largest absolute Gasteiger partial charge is 0.386 e. The van der Waals surface area contributed by atoms with Crippen LogP contribution in [-0.2, 0) is 0 Å². The Morgan fingerprint density at radius 1 is 1.39 bits per heavy atom. The van der Waals surface area contributed by atoms with E-state index in [4.69, 9.17) is 11.6 Å². The average Bonchev–Trinajstić information content (AvgIpc) is 3.01. The van der Waals surface area contributed by atoms with Gasteiger partial charge in [0.15, 0.2) is 5.96 Å². The number of aliphatic imine (C=N–C) groups is 1. The lowest BCUT2D eigenvalue weighted by Gasteiger charge is -2.18. The molecule has 3 unspecified atom stereocenters. The van der Waals surface area contributed by atoms with Crippen LogP contribution in [0.15, 0.2) is 29.3 Å². The number of hydrogen-bond acceptors (Lipinski definition) is 3. The van der Waals surface area contributed by atoms with E-state index in [1.165, 1.54) is 19.3 Å². The first-order valence-electron chi connectivity index (χ1n) is 8.13. The lowest BCUT2D eigenvalue weighted by atomic mass is 10.1. The van der Waals surface area contributed by atoms with Gasteiger partial charge in [-0.1, -0.05) is 23.7 Å². The van der Waals surface area contributed by atoms with E-state index in [0.29, 0.717) is 17.6 Å². The molecule has 6 heteroatoms. The maximum absolute atomic E-state index is 10.3. The average molecular weight is 356 g/mol. The molecule has 0 aromatic heterocycles. The third kappa shape index (κ3) is 5.90. The molecule has 0 bridgehead atoms. The van der Waals surface area contributed by atoms with Gasteiger partial charge in [-0.15, -0.1) is 0 Å². The topological polar surface area (TPSA) is 56.7 Å². The highest BCUT2D eigenvalue weighted by molar-refractivity contribution is 7.99. The highest BCUT2D eigenvalue weighted by Gasteiger charge is 2.24. The summed E-state index contributed by atoms with van der Waals surface area (Å²) in [5.74, 6) is 0.785. The molecule has 0 aliphatic heterocycles. The number of thioether (sulfide) groups is 1. The Bertz CT molecular complexity index is 509. The van der Waals surface area contributed by atoms with Gasteiger partial charge in [0, 0.05) is 22.9 Å². The molecule has 1 aliphatic carbocycles. The Labute approximate surface area is 148 Å². The molecule has 1 saturated carbocycles. The monoisotopic (exact) mass is 355 g/mol. The van der Waals surface area contributed by atoms with E-state index in [1.54, 1.807) is 12.1 Å². The van der Waals surface area contributed by atoms with Crippen molar-refractivity contribution in [2.24, 2.45) is 4.99 Å². The predicted molar refractivity (Wildman–Crippen MR) is 100 cm³/mol. The fourth-order valence-electron chi connectivity index (χ4n) is 2.77. The van der Waals surface area contributed by atoms with E-state index in [-0.39, 0.29) is 0 Å². The normalized spacial score (nSPS) is 22.9.